The van der Waals surface area contributed by atoms with E-state index in [4.69, 9.17) is 4.74 Å². The number of piperazine rings is 1. The third kappa shape index (κ3) is 4.40. The van der Waals surface area contributed by atoms with Crippen LogP contribution >= 0.6 is 22.6 Å². The lowest BCUT2D eigenvalue weighted by molar-refractivity contribution is 0.0664. The van der Waals surface area contributed by atoms with Gasteiger partial charge in [0.1, 0.15) is 0 Å². The summed E-state index contributed by atoms with van der Waals surface area (Å²) < 4.78 is 6.58. The van der Waals surface area contributed by atoms with Crippen LogP contribution in [-0.2, 0) is 11.3 Å². The molecule has 0 bridgehead atoms. The fourth-order valence-electron chi connectivity index (χ4n) is 3.10. The highest BCUT2D eigenvalue weighted by Crippen LogP contribution is 2.27. The quantitative estimate of drug-likeness (QED) is 0.669. The van der Waals surface area contributed by atoms with Crippen LogP contribution < -0.4 is 0 Å². The molecule has 0 spiro atoms. The van der Waals surface area contributed by atoms with E-state index in [-0.39, 0.29) is 5.91 Å². The second-order valence-corrected chi connectivity index (χ2v) is 7.65. The number of methoxy groups -OCH3 is 1. The van der Waals surface area contributed by atoms with Crippen molar-refractivity contribution in [2.24, 2.45) is 0 Å². The summed E-state index contributed by atoms with van der Waals surface area (Å²) in [5, 5.41) is 0. The molecule has 5 heteroatoms. The Kier molecular flexibility index (Phi) is 6.09. The largest absolute Gasteiger partial charge is 0.380 e. The van der Waals surface area contributed by atoms with Crippen LogP contribution in [0.2, 0.25) is 0 Å². The normalized spacial score (nSPS) is 15.4. The zero-order valence-electron chi connectivity index (χ0n) is 14.7. The SMILES string of the molecule is COCc1cc(C(=O)N2CCN(C)CC2)ccc1-c1ccc(I)cc1. The maximum Gasteiger partial charge on any atom is 0.253 e. The molecule has 3 rings (SSSR count). The van der Waals surface area contributed by atoms with E-state index in [0.717, 1.165) is 48.4 Å². The molecule has 0 N–H and O–H groups in total. The number of benzene rings is 2. The lowest BCUT2D eigenvalue weighted by Crippen LogP contribution is -2.47. The van der Waals surface area contributed by atoms with Crippen molar-refractivity contribution in [2.75, 3.05) is 40.3 Å². The van der Waals surface area contributed by atoms with Gasteiger partial charge in [-0.25, -0.2) is 0 Å². The fourth-order valence-corrected chi connectivity index (χ4v) is 3.46. The zero-order valence-corrected chi connectivity index (χ0v) is 16.8. The number of halogens is 1. The monoisotopic (exact) mass is 450 g/mol. The molecule has 1 aliphatic rings. The van der Waals surface area contributed by atoms with Crippen molar-refractivity contribution in [3.63, 3.8) is 0 Å². The molecule has 2 aromatic carbocycles. The van der Waals surface area contributed by atoms with E-state index in [1.54, 1.807) is 7.11 Å². The molecule has 1 saturated heterocycles. The Hall–Kier alpha value is -1.44. The second-order valence-electron chi connectivity index (χ2n) is 6.41. The Morgan fingerprint density at radius 3 is 2.40 bits per heavy atom. The van der Waals surface area contributed by atoms with Gasteiger partial charge in [0.05, 0.1) is 6.61 Å². The van der Waals surface area contributed by atoms with Crippen LogP contribution in [0.25, 0.3) is 11.1 Å². The molecule has 2 aromatic rings. The number of carbonyl (C=O) groups excluding carboxylic acids is 1. The van der Waals surface area contributed by atoms with Crippen molar-refractivity contribution >= 4 is 28.5 Å². The van der Waals surface area contributed by atoms with Crippen molar-refractivity contribution < 1.29 is 9.53 Å². The van der Waals surface area contributed by atoms with Crippen molar-refractivity contribution in [3.05, 3.63) is 57.2 Å². The van der Waals surface area contributed by atoms with Crippen LogP contribution in [0.3, 0.4) is 0 Å². The van der Waals surface area contributed by atoms with E-state index < -0.39 is 0 Å². The highest BCUT2D eigenvalue weighted by Gasteiger charge is 2.21. The molecule has 0 unspecified atom stereocenters. The molecular weight excluding hydrogens is 427 g/mol. The Morgan fingerprint density at radius 1 is 1.08 bits per heavy atom. The summed E-state index contributed by atoms with van der Waals surface area (Å²) in [7, 11) is 3.78. The minimum atomic E-state index is 0.111. The van der Waals surface area contributed by atoms with Crippen molar-refractivity contribution in [3.8, 4) is 11.1 Å². The first kappa shape index (κ1) is 18.4. The maximum atomic E-state index is 12.8. The first-order valence-corrected chi connectivity index (χ1v) is 9.52. The van der Waals surface area contributed by atoms with Crippen LogP contribution in [0, 0.1) is 3.57 Å². The Morgan fingerprint density at radius 2 is 1.76 bits per heavy atom. The number of nitrogens with zero attached hydrogens (tertiary/aromatic N) is 2. The summed E-state index contributed by atoms with van der Waals surface area (Å²) in [5.74, 6) is 0.111. The lowest BCUT2D eigenvalue weighted by atomic mass is 9.97. The highest BCUT2D eigenvalue weighted by molar-refractivity contribution is 14.1. The summed E-state index contributed by atoms with van der Waals surface area (Å²) >= 11 is 2.30. The summed E-state index contributed by atoms with van der Waals surface area (Å²) in [6.07, 6.45) is 0. The number of hydrogen-bond donors (Lipinski definition) is 0. The fraction of sp³-hybridized carbons (Fsp3) is 0.350. The van der Waals surface area contributed by atoms with E-state index in [0.29, 0.717) is 6.61 Å². The van der Waals surface area contributed by atoms with Gasteiger partial charge in [0.15, 0.2) is 0 Å². The smallest absolute Gasteiger partial charge is 0.253 e. The number of rotatable bonds is 4. The van der Waals surface area contributed by atoms with E-state index >= 15 is 0 Å². The molecule has 0 aliphatic carbocycles. The molecule has 0 radical (unpaired) electrons. The molecule has 0 atom stereocenters. The lowest BCUT2D eigenvalue weighted by Gasteiger charge is -2.32. The highest BCUT2D eigenvalue weighted by atomic mass is 127. The Balaban J connectivity index is 1.88. The zero-order chi connectivity index (χ0) is 17.8. The number of hydrogen-bond acceptors (Lipinski definition) is 3. The third-order valence-electron chi connectivity index (χ3n) is 4.60. The average Bonchev–Trinajstić information content (AvgIpc) is 2.63. The topological polar surface area (TPSA) is 32.8 Å². The minimum Gasteiger partial charge on any atom is -0.380 e. The first-order chi connectivity index (χ1) is 12.1. The van der Waals surface area contributed by atoms with Crippen molar-refractivity contribution in [1.82, 2.24) is 9.80 Å². The average molecular weight is 450 g/mol. The molecule has 4 nitrogen and oxygen atoms in total. The van der Waals surface area contributed by atoms with E-state index in [1.807, 2.05) is 23.1 Å². The van der Waals surface area contributed by atoms with Crippen LogP contribution in [0.5, 0.6) is 0 Å². The molecule has 0 saturated carbocycles. The Bertz CT molecular complexity index is 738. The van der Waals surface area contributed by atoms with Gasteiger partial charge in [-0.15, -0.1) is 0 Å². The van der Waals surface area contributed by atoms with E-state index in [1.165, 1.54) is 3.57 Å². The van der Waals surface area contributed by atoms with Crippen LogP contribution in [0.4, 0.5) is 0 Å². The van der Waals surface area contributed by atoms with Crippen molar-refractivity contribution in [1.29, 1.82) is 0 Å². The summed E-state index contributed by atoms with van der Waals surface area (Å²) in [4.78, 5) is 17.0. The predicted octanol–water partition coefficient (Wildman–Crippen LogP) is 3.49. The Labute approximate surface area is 162 Å². The van der Waals surface area contributed by atoms with Crippen LogP contribution in [0.15, 0.2) is 42.5 Å². The maximum absolute atomic E-state index is 12.8. The van der Waals surface area contributed by atoms with Gasteiger partial charge in [0.25, 0.3) is 5.91 Å². The predicted molar refractivity (Wildman–Crippen MR) is 109 cm³/mol. The molecule has 1 amide bonds. The van der Waals surface area contributed by atoms with Gasteiger partial charge < -0.3 is 14.5 Å². The number of amides is 1. The molecule has 132 valence electrons. The van der Waals surface area contributed by atoms with E-state index in [9.17, 15) is 4.79 Å². The van der Waals surface area contributed by atoms with Gasteiger partial charge in [0.2, 0.25) is 0 Å². The van der Waals surface area contributed by atoms with Gasteiger partial charge in [-0.1, -0.05) is 18.2 Å². The summed E-state index contributed by atoms with van der Waals surface area (Å²) in [6, 6.07) is 14.4. The number of ether oxygens (including phenoxy) is 1. The third-order valence-corrected chi connectivity index (χ3v) is 5.32. The molecule has 1 heterocycles. The molecule has 1 fully saturated rings. The number of likely N-dealkylation sites (N-methyl/N-ethyl adjacent to an activating group) is 1. The molecular formula is C20H23IN2O2. The van der Waals surface area contributed by atoms with Gasteiger partial charge in [-0.3, -0.25) is 4.79 Å². The summed E-state index contributed by atoms with van der Waals surface area (Å²) in [6.45, 7) is 3.92. The molecule has 1 aliphatic heterocycles. The van der Waals surface area contributed by atoms with Gasteiger partial charge >= 0.3 is 0 Å². The molecule has 25 heavy (non-hydrogen) atoms. The first-order valence-electron chi connectivity index (χ1n) is 8.44. The second kappa shape index (κ2) is 8.29. The standard InChI is InChI=1S/C20H23IN2O2/c1-22-9-11-23(12-10-22)20(24)16-5-8-19(17(13-16)14-25-2)15-3-6-18(21)7-4-15/h3-8,13H,9-12,14H2,1-2H3. The van der Waals surface area contributed by atoms with Gasteiger partial charge in [0, 0.05) is 42.4 Å². The van der Waals surface area contributed by atoms with Gasteiger partial charge in [-0.2, -0.15) is 0 Å². The molecule has 0 aromatic heterocycles. The van der Waals surface area contributed by atoms with Crippen LogP contribution in [-0.4, -0.2) is 56.0 Å². The number of carbonyl (C=O) groups is 1. The van der Waals surface area contributed by atoms with Crippen molar-refractivity contribution in [2.45, 2.75) is 6.61 Å². The van der Waals surface area contributed by atoms with Crippen LogP contribution in [0.1, 0.15) is 15.9 Å². The van der Waals surface area contributed by atoms with E-state index in [2.05, 4.69) is 58.8 Å². The van der Waals surface area contributed by atoms with Gasteiger partial charge in [-0.05, 0) is 70.6 Å². The summed E-state index contributed by atoms with van der Waals surface area (Å²) in [5.41, 5.74) is 4.05. The minimum absolute atomic E-state index is 0.111.